The van der Waals surface area contributed by atoms with Crippen molar-refractivity contribution in [2.75, 3.05) is 7.11 Å². The molecule has 0 spiro atoms. The number of pyridine rings is 1. The summed E-state index contributed by atoms with van der Waals surface area (Å²) in [6.07, 6.45) is 1.10. The average molecular weight is 471 g/mol. The predicted molar refractivity (Wildman–Crippen MR) is 123 cm³/mol. The maximum atomic E-state index is 13.3. The normalized spacial score (nSPS) is 13.3. The maximum absolute atomic E-state index is 13.3. The third-order valence-electron chi connectivity index (χ3n) is 4.64. The Morgan fingerprint density at radius 3 is 2.79 bits per heavy atom. The number of carbonyl (C=O) groups excluding carboxylic acids is 2. The fourth-order valence-electron chi connectivity index (χ4n) is 2.88. The number of nitrogens with two attached hydrogens (primary N) is 1. The molecule has 1 aromatic heterocycles. The molecule has 3 N–H and O–H groups in total. The van der Waals surface area contributed by atoms with Crippen LogP contribution in [0.25, 0.3) is 11.1 Å². The van der Waals surface area contributed by atoms with Crippen LogP contribution in [-0.2, 0) is 11.2 Å². The van der Waals surface area contributed by atoms with Crippen LogP contribution in [0, 0.1) is 23.2 Å². The van der Waals surface area contributed by atoms with Crippen LogP contribution >= 0.6 is 11.8 Å². The number of nitrogens with zero attached hydrogens (tertiary/aromatic N) is 2. The number of rotatable bonds is 6. The van der Waals surface area contributed by atoms with Gasteiger partial charge < -0.3 is 15.3 Å². The van der Waals surface area contributed by atoms with E-state index in [1.165, 1.54) is 19.2 Å². The van der Waals surface area contributed by atoms with Crippen LogP contribution in [0.3, 0.4) is 0 Å². The van der Waals surface area contributed by atoms with Gasteiger partial charge in [-0.05, 0) is 59.8 Å². The topological polar surface area (TPSA) is 118 Å². The van der Waals surface area contributed by atoms with E-state index in [0.717, 1.165) is 36.9 Å². The summed E-state index contributed by atoms with van der Waals surface area (Å²) < 4.78 is 31.8. The monoisotopic (exact) mass is 470 g/mol. The van der Waals surface area contributed by atoms with Crippen molar-refractivity contribution in [2.45, 2.75) is 25.7 Å². The summed E-state index contributed by atoms with van der Waals surface area (Å²) >= 11 is 0.756. The van der Waals surface area contributed by atoms with Crippen LogP contribution in [0.5, 0.6) is 5.75 Å². The molecule has 0 saturated heterocycles. The minimum Gasteiger partial charge on any atom is -0.494 e. The number of ether oxygens (including phenoxy) is 1. The molecular formula is C23H20F2N4O3S. The van der Waals surface area contributed by atoms with E-state index in [0.29, 0.717) is 17.8 Å². The minimum atomic E-state index is -2.83. The smallest absolute Gasteiger partial charge is 0.280 e. The number of amides is 1. The van der Waals surface area contributed by atoms with Gasteiger partial charge in [0.15, 0.2) is 5.17 Å². The van der Waals surface area contributed by atoms with Crippen molar-refractivity contribution in [2.24, 2.45) is 16.6 Å². The molecule has 2 aromatic rings. The molecule has 7 nitrogen and oxygen atoms in total. The molecule has 33 heavy (non-hydrogen) atoms. The molecule has 0 atom stereocenters. The Hall–Kier alpha value is -3.58. The molecule has 170 valence electrons. The molecule has 0 bridgehead atoms. The Bertz CT molecular complexity index is 1180. The van der Waals surface area contributed by atoms with Gasteiger partial charge in [-0.25, -0.2) is 8.78 Å². The lowest BCUT2D eigenvalue weighted by molar-refractivity contribution is -0.107. The first-order valence-corrected chi connectivity index (χ1v) is 10.7. The van der Waals surface area contributed by atoms with Gasteiger partial charge in [0, 0.05) is 23.5 Å². The van der Waals surface area contributed by atoms with Crippen molar-refractivity contribution in [1.82, 2.24) is 4.98 Å². The van der Waals surface area contributed by atoms with Gasteiger partial charge in [0.2, 0.25) is 0 Å². The molecule has 0 radical (unpaired) electrons. The number of hydrogen-bond acceptors (Lipinski definition) is 6. The summed E-state index contributed by atoms with van der Waals surface area (Å²) in [5.74, 6) is 5.33. The second kappa shape index (κ2) is 10.8. The first-order valence-electron chi connectivity index (χ1n) is 9.87. The van der Waals surface area contributed by atoms with Gasteiger partial charge in [-0.1, -0.05) is 12.0 Å². The van der Waals surface area contributed by atoms with Crippen LogP contribution in [0.4, 0.5) is 8.78 Å². The molecule has 1 fully saturated rings. The number of aldehydes is 1. The van der Waals surface area contributed by atoms with Crippen LogP contribution in [0.2, 0.25) is 0 Å². The Kier molecular flexibility index (Phi) is 7.90. The zero-order valence-corrected chi connectivity index (χ0v) is 18.4. The van der Waals surface area contributed by atoms with Crippen LogP contribution in [0.15, 0.2) is 35.5 Å². The molecule has 0 aliphatic heterocycles. The van der Waals surface area contributed by atoms with Crippen LogP contribution < -0.4 is 10.5 Å². The van der Waals surface area contributed by atoms with Gasteiger partial charge in [0.05, 0.1) is 13.3 Å². The van der Waals surface area contributed by atoms with Gasteiger partial charge in [0.25, 0.3) is 12.3 Å². The number of nitrogens with one attached hydrogen (secondary N) is 1. The summed E-state index contributed by atoms with van der Waals surface area (Å²) in [6, 6.07) is 5.68. The molecule has 0 unspecified atom stereocenters. The molecule has 1 saturated carbocycles. The lowest BCUT2D eigenvalue weighted by Crippen LogP contribution is -2.13. The van der Waals surface area contributed by atoms with Gasteiger partial charge in [-0.15, -0.1) is 0 Å². The quantitative estimate of drug-likeness (QED) is 0.285. The fourth-order valence-corrected chi connectivity index (χ4v) is 3.33. The number of halogens is 2. The number of thioether (sulfide) groups is 1. The van der Waals surface area contributed by atoms with E-state index >= 15 is 0 Å². The summed E-state index contributed by atoms with van der Waals surface area (Å²) in [5.41, 5.74) is 6.40. The third kappa shape index (κ3) is 6.46. The largest absolute Gasteiger partial charge is 0.494 e. The van der Waals surface area contributed by atoms with E-state index in [4.69, 9.17) is 15.9 Å². The predicted octanol–water partition coefficient (Wildman–Crippen LogP) is 4.01. The number of benzene rings is 1. The zero-order valence-electron chi connectivity index (χ0n) is 17.6. The number of hydrogen-bond donors (Lipinski definition) is 2. The molecule has 1 amide bonds. The lowest BCUT2D eigenvalue weighted by atomic mass is 9.95. The molecule has 1 aromatic carbocycles. The summed E-state index contributed by atoms with van der Waals surface area (Å²) in [4.78, 5) is 31.4. The number of aliphatic imine (C=N–C) groups is 1. The Morgan fingerprint density at radius 1 is 1.39 bits per heavy atom. The highest BCUT2D eigenvalue weighted by atomic mass is 32.2. The van der Waals surface area contributed by atoms with Crippen molar-refractivity contribution in [3.05, 3.63) is 47.3 Å². The molecule has 1 heterocycles. The highest BCUT2D eigenvalue weighted by Crippen LogP contribution is 2.35. The molecule has 1 aliphatic rings. The Balaban J connectivity index is 1.99. The van der Waals surface area contributed by atoms with Crippen molar-refractivity contribution >= 4 is 34.2 Å². The summed E-state index contributed by atoms with van der Waals surface area (Å²) in [7, 11) is 1.35. The zero-order chi connectivity index (χ0) is 24.0. The van der Waals surface area contributed by atoms with E-state index in [9.17, 15) is 18.4 Å². The maximum Gasteiger partial charge on any atom is 0.280 e. The first-order chi connectivity index (χ1) is 15.8. The van der Waals surface area contributed by atoms with Gasteiger partial charge >= 0.3 is 0 Å². The van der Waals surface area contributed by atoms with E-state index in [1.54, 1.807) is 6.07 Å². The van der Waals surface area contributed by atoms with Crippen LogP contribution in [0.1, 0.15) is 40.9 Å². The first kappa shape index (κ1) is 24.1. The van der Waals surface area contributed by atoms with E-state index in [1.807, 2.05) is 0 Å². The SMILES string of the molecule is COc1cnc(C(F)F)cc1-c1cc(CC=O)ccc1C(=O)N=C(N)SC(=N)C#CC1CC1. The standard InChI is InChI=1S/C23H20F2N4O3S/c1-32-19-12-28-18(21(24)25)11-17(19)16-10-14(8-9-30)4-6-15(16)22(31)29-23(27)33-20(26)7-5-13-2-3-13/h4,6,9-13,21,26H,2-3,8H2,1H3,(H2,27,29,31). The van der Waals surface area contributed by atoms with Gasteiger partial charge in [-0.2, -0.15) is 4.99 Å². The Morgan fingerprint density at radius 2 is 2.15 bits per heavy atom. The number of amidine groups is 1. The molecule has 1 aliphatic carbocycles. The third-order valence-corrected chi connectivity index (χ3v) is 5.25. The van der Waals surface area contributed by atoms with Crippen LogP contribution in [-0.4, -0.2) is 34.5 Å². The average Bonchev–Trinajstić information content (AvgIpc) is 3.61. The number of carbonyl (C=O) groups is 2. The Labute approximate surface area is 193 Å². The van der Waals surface area contributed by atoms with E-state index in [-0.39, 0.29) is 39.1 Å². The van der Waals surface area contributed by atoms with E-state index in [2.05, 4.69) is 21.8 Å². The number of aromatic nitrogens is 1. The van der Waals surface area contributed by atoms with Crippen molar-refractivity contribution in [3.8, 4) is 28.7 Å². The second-order valence-electron chi connectivity index (χ2n) is 7.09. The van der Waals surface area contributed by atoms with Crippen molar-refractivity contribution in [1.29, 1.82) is 5.41 Å². The summed E-state index contributed by atoms with van der Waals surface area (Å²) in [6.45, 7) is 0. The number of alkyl halides is 2. The highest BCUT2D eigenvalue weighted by Gasteiger charge is 2.21. The fraction of sp³-hybridized carbons (Fsp3) is 0.261. The van der Waals surface area contributed by atoms with Gasteiger partial charge in [0.1, 0.15) is 22.8 Å². The number of methoxy groups -OCH3 is 1. The van der Waals surface area contributed by atoms with Gasteiger partial charge in [-0.3, -0.25) is 15.2 Å². The van der Waals surface area contributed by atoms with Crippen molar-refractivity contribution in [3.63, 3.8) is 0 Å². The summed E-state index contributed by atoms with van der Waals surface area (Å²) in [5, 5.41) is 7.64. The molecule has 10 heteroatoms. The second-order valence-corrected chi connectivity index (χ2v) is 8.12. The van der Waals surface area contributed by atoms with Crippen molar-refractivity contribution < 1.29 is 23.1 Å². The highest BCUT2D eigenvalue weighted by molar-refractivity contribution is 8.26. The lowest BCUT2D eigenvalue weighted by Gasteiger charge is -2.14. The minimum absolute atomic E-state index is 0.0325. The molecule has 3 rings (SSSR count). The molecular weight excluding hydrogens is 450 g/mol. The van der Waals surface area contributed by atoms with E-state index < -0.39 is 18.0 Å².